The summed E-state index contributed by atoms with van der Waals surface area (Å²) in [7, 11) is 1.63. The number of pyridine rings is 1. The average molecular weight is 339 g/mol. The molecule has 0 saturated heterocycles. The number of hydrogen-bond donors (Lipinski definition) is 1. The topological polar surface area (TPSA) is 34.1 Å². The van der Waals surface area contributed by atoms with Crippen molar-refractivity contribution in [3.63, 3.8) is 0 Å². The maximum atomic E-state index is 12.9. The molecule has 0 aliphatic heterocycles. The van der Waals surface area contributed by atoms with Crippen molar-refractivity contribution in [1.29, 1.82) is 0 Å². The number of aromatic nitrogens is 1. The Labute approximate surface area is 126 Å². The minimum absolute atomic E-state index is 0.152. The first kappa shape index (κ1) is 14.9. The van der Waals surface area contributed by atoms with Gasteiger partial charge in [0.2, 0.25) is 0 Å². The molecule has 3 nitrogen and oxygen atoms in total. The SMILES string of the molecule is COC(CNc1cc(C)c(Br)cn1)c1ccc(F)cc1. The summed E-state index contributed by atoms with van der Waals surface area (Å²) in [5.41, 5.74) is 2.04. The average Bonchev–Trinajstić information content (AvgIpc) is 2.45. The second-order valence-electron chi connectivity index (χ2n) is 4.48. The highest BCUT2D eigenvalue weighted by molar-refractivity contribution is 9.10. The predicted molar refractivity (Wildman–Crippen MR) is 81.3 cm³/mol. The number of ether oxygens (including phenoxy) is 1. The molecule has 2 rings (SSSR count). The molecule has 0 fully saturated rings. The summed E-state index contributed by atoms with van der Waals surface area (Å²) in [6.07, 6.45) is 1.61. The third-order valence-electron chi connectivity index (χ3n) is 3.04. The second-order valence-corrected chi connectivity index (χ2v) is 5.33. The Morgan fingerprint density at radius 2 is 2.05 bits per heavy atom. The van der Waals surface area contributed by atoms with Gasteiger partial charge in [-0.25, -0.2) is 9.37 Å². The largest absolute Gasteiger partial charge is 0.375 e. The summed E-state index contributed by atoms with van der Waals surface area (Å²) in [6.45, 7) is 2.57. The number of anilines is 1. The summed E-state index contributed by atoms with van der Waals surface area (Å²) < 4.78 is 19.3. The molecule has 0 aliphatic carbocycles. The van der Waals surface area contributed by atoms with Gasteiger partial charge in [-0.3, -0.25) is 0 Å². The molecule has 0 bridgehead atoms. The van der Waals surface area contributed by atoms with E-state index in [1.807, 2.05) is 13.0 Å². The first-order valence-corrected chi connectivity index (χ1v) is 7.03. The van der Waals surface area contributed by atoms with E-state index in [0.717, 1.165) is 21.4 Å². The van der Waals surface area contributed by atoms with E-state index in [1.165, 1.54) is 12.1 Å². The zero-order valence-corrected chi connectivity index (χ0v) is 12.9. The Balaban J connectivity index is 2.03. The first-order valence-electron chi connectivity index (χ1n) is 6.24. The normalized spacial score (nSPS) is 12.2. The van der Waals surface area contributed by atoms with Crippen molar-refractivity contribution in [2.45, 2.75) is 13.0 Å². The summed E-state index contributed by atoms with van der Waals surface area (Å²) >= 11 is 3.42. The number of benzene rings is 1. The predicted octanol–water partition coefficient (Wildman–Crippen LogP) is 4.09. The van der Waals surface area contributed by atoms with Crippen molar-refractivity contribution >= 4 is 21.7 Å². The quantitative estimate of drug-likeness (QED) is 0.891. The molecule has 0 saturated carbocycles. The molecule has 0 amide bonds. The van der Waals surface area contributed by atoms with Crippen LogP contribution in [-0.2, 0) is 4.74 Å². The van der Waals surface area contributed by atoms with Gasteiger partial charge in [-0.2, -0.15) is 0 Å². The van der Waals surface area contributed by atoms with Crippen molar-refractivity contribution in [3.8, 4) is 0 Å². The first-order chi connectivity index (χ1) is 9.60. The smallest absolute Gasteiger partial charge is 0.126 e. The van der Waals surface area contributed by atoms with Crippen molar-refractivity contribution in [2.24, 2.45) is 0 Å². The fourth-order valence-electron chi connectivity index (χ4n) is 1.85. The molecule has 1 atom stereocenters. The number of hydrogen-bond acceptors (Lipinski definition) is 3. The Morgan fingerprint density at radius 3 is 2.65 bits per heavy atom. The number of nitrogens with zero attached hydrogens (tertiary/aromatic N) is 1. The molecule has 5 heteroatoms. The van der Waals surface area contributed by atoms with Gasteiger partial charge in [-0.15, -0.1) is 0 Å². The maximum absolute atomic E-state index is 12.9. The van der Waals surface area contributed by atoms with Crippen molar-refractivity contribution in [3.05, 3.63) is 57.9 Å². The third-order valence-corrected chi connectivity index (χ3v) is 3.87. The van der Waals surface area contributed by atoms with Crippen LogP contribution in [0.15, 0.2) is 41.0 Å². The van der Waals surface area contributed by atoms with Gasteiger partial charge in [0, 0.05) is 24.3 Å². The molecular formula is C15H16BrFN2O. The molecule has 1 unspecified atom stereocenters. The molecule has 2 aromatic rings. The fraction of sp³-hybridized carbons (Fsp3) is 0.267. The van der Waals surface area contributed by atoms with Crippen LogP contribution >= 0.6 is 15.9 Å². The van der Waals surface area contributed by atoms with E-state index >= 15 is 0 Å². The lowest BCUT2D eigenvalue weighted by Crippen LogP contribution is -2.15. The van der Waals surface area contributed by atoms with Crippen LogP contribution in [0.25, 0.3) is 0 Å². The Bertz CT molecular complexity index is 575. The zero-order valence-electron chi connectivity index (χ0n) is 11.4. The molecule has 1 heterocycles. The minimum atomic E-state index is -0.248. The number of aryl methyl sites for hydroxylation is 1. The minimum Gasteiger partial charge on any atom is -0.375 e. The highest BCUT2D eigenvalue weighted by Gasteiger charge is 2.10. The highest BCUT2D eigenvalue weighted by Crippen LogP contribution is 2.20. The number of halogens is 2. The van der Waals surface area contributed by atoms with Crippen LogP contribution in [0.4, 0.5) is 10.2 Å². The molecule has 0 radical (unpaired) electrons. The van der Waals surface area contributed by atoms with Gasteiger partial charge >= 0.3 is 0 Å². The summed E-state index contributed by atoms with van der Waals surface area (Å²) in [6, 6.07) is 8.28. The zero-order chi connectivity index (χ0) is 14.5. The van der Waals surface area contributed by atoms with Crippen LogP contribution in [0.2, 0.25) is 0 Å². The monoisotopic (exact) mass is 338 g/mol. The number of nitrogens with one attached hydrogen (secondary N) is 1. The Morgan fingerprint density at radius 1 is 1.35 bits per heavy atom. The van der Waals surface area contributed by atoms with Crippen LogP contribution in [0, 0.1) is 12.7 Å². The van der Waals surface area contributed by atoms with Gasteiger partial charge in [0.15, 0.2) is 0 Å². The third kappa shape index (κ3) is 3.77. The molecule has 0 spiro atoms. The van der Waals surface area contributed by atoms with E-state index in [9.17, 15) is 4.39 Å². The van der Waals surface area contributed by atoms with Crippen molar-refractivity contribution in [2.75, 3.05) is 19.0 Å². The fourth-order valence-corrected chi connectivity index (χ4v) is 2.06. The van der Waals surface area contributed by atoms with Crippen LogP contribution in [0.5, 0.6) is 0 Å². The summed E-state index contributed by atoms with van der Waals surface area (Å²) in [5.74, 6) is 0.539. The lowest BCUT2D eigenvalue weighted by molar-refractivity contribution is 0.114. The van der Waals surface area contributed by atoms with Crippen molar-refractivity contribution in [1.82, 2.24) is 4.98 Å². The Hall–Kier alpha value is -1.46. The lowest BCUT2D eigenvalue weighted by atomic mass is 10.1. The molecular weight excluding hydrogens is 323 g/mol. The molecule has 106 valence electrons. The highest BCUT2D eigenvalue weighted by atomic mass is 79.9. The van der Waals surface area contributed by atoms with Gasteiger partial charge in [-0.05, 0) is 52.2 Å². The van der Waals surface area contributed by atoms with Gasteiger partial charge in [0.05, 0.1) is 6.10 Å². The van der Waals surface area contributed by atoms with Gasteiger partial charge in [0.25, 0.3) is 0 Å². The second kappa shape index (κ2) is 6.81. The van der Waals surface area contributed by atoms with Crippen LogP contribution in [-0.4, -0.2) is 18.6 Å². The van der Waals surface area contributed by atoms with Gasteiger partial charge in [0.1, 0.15) is 11.6 Å². The van der Waals surface area contributed by atoms with Crippen LogP contribution in [0.3, 0.4) is 0 Å². The summed E-state index contributed by atoms with van der Waals surface area (Å²) in [5, 5.41) is 3.23. The van der Waals surface area contributed by atoms with E-state index in [2.05, 4.69) is 26.2 Å². The molecule has 1 N–H and O–H groups in total. The van der Waals surface area contributed by atoms with Crippen LogP contribution < -0.4 is 5.32 Å². The molecule has 0 aliphatic rings. The standard InChI is InChI=1S/C15H16BrFN2O/c1-10-7-15(18-8-13(10)16)19-9-14(20-2)11-3-5-12(17)6-4-11/h3-8,14H,9H2,1-2H3,(H,18,19). The van der Waals surface area contributed by atoms with E-state index in [4.69, 9.17) is 4.74 Å². The van der Waals surface area contributed by atoms with E-state index in [0.29, 0.717) is 6.54 Å². The summed E-state index contributed by atoms with van der Waals surface area (Å²) in [4.78, 5) is 4.28. The maximum Gasteiger partial charge on any atom is 0.126 e. The number of methoxy groups -OCH3 is 1. The molecule has 1 aromatic carbocycles. The van der Waals surface area contributed by atoms with E-state index < -0.39 is 0 Å². The molecule has 1 aromatic heterocycles. The Kier molecular flexibility index (Phi) is 5.09. The van der Waals surface area contributed by atoms with E-state index in [-0.39, 0.29) is 11.9 Å². The van der Waals surface area contributed by atoms with Crippen molar-refractivity contribution < 1.29 is 9.13 Å². The lowest BCUT2D eigenvalue weighted by Gasteiger charge is -2.17. The van der Waals surface area contributed by atoms with Crippen LogP contribution in [0.1, 0.15) is 17.2 Å². The van der Waals surface area contributed by atoms with Gasteiger partial charge < -0.3 is 10.1 Å². The van der Waals surface area contributed by atoms with Gasteiger partial charge in [-0.1, -0.05) is 12.1 Å². The van der Waals surface area contributed by atoms with E-state index in [1.54, 1.807) is 25.4 Å². The molecule has 20 heavy (non-hydrogen) atoms. The number of rotatable bonds is 5.